The molecule has 0 aliphatic heterocycles. The first-order valence-corrected chi connectivity index (χ1v) is 7.60. The van der Waals surface area contributed by atoms with E-state index in [9.17, 15) is 9.59 Å². The zero-order valence-electron chi connectivity index (χ0n) is 13.5. The summed E-state index contributed by atoms with van der Waals surface area (Å²) in [6.07, 6.45) is 4.43. The van der Waals surface area contributed by atoms with Crippen LogP contribution in [-0.4, -0.2) is 11.8 Å². The lowest BCUT2D eigenvalue weighted by atomic mass is 10.2. The van der Waals surface area contributed by atoms with Gasteiger partial charge in [0.2, 0.25) is 5.91 Å². The highest BCUT2D eigenvalue weighted by Crippen LogP contribution is 2.15. The largest absolute Gasteiger partial charge is 0.462 e. The Morgan fingerprint density at radius 3 is 2.28 bits per heavy atom. The summed E-state index contributed by atoms with van der Waals surface area (Å²) in [5.41, 5.74) is 1.21. The minimum absolute atomic E-state index is 0.232. The average Bonchev–Trinajstić information content (AvgIpc) is 3.26. The Balaban J connectivity index is 1.56. The molecule has 0 fully saturated rings. The lowest BCUT2D eigenvalue weighted by molar-refractivity contribution is -0.111. The number of furan rings is 2. The van der Waals surface area contributed by atoms with E-state index in [1.54, 1.807) is 48.5 Å². The second-order valence-corrected chi connectivity index (χ2v) is 5.28. The minimum atomic E-state index is -0.335. The van der Waals surface area contributed by atoms with Crippen molar-refractivity contribution in [2.24, 2.45) is 0 Å². The monoisotopic (exact) mass is 336 g/mol. The predicted octanol–water partition coefficient (Wildman–Crippen LogP) is 4.09. The van der Waals surface area contributed by atoms with Crippen molar-refractivity contribution in [3.8, 4) is 0 Å². The molecule has 0 bridgehead atoms. The van der Waals surface area contributed by atoms with Gasteiger partial charge < -0.3 is 19.5 Å². The number of nitrogens with one attached hydrogen (secondary N) is 2. The van der Waals surface area contributed by atoms with Crippen LogP contribution in [0.2, 0.25) is 0 Å². The van der Waals surface area contributed by atoms with Gasteiger partial charge in [0.15, 0.2) is 5.76 Å². The normalized spacial score (nSPS) is 10.8. The molecule has 6 nitrogen and oxygen atoms in total. The molecule has 1 aromatic carbocycles. The van der Waals surface area contributed by atoms with E-state index in [-0.39, 0.29) is 17.6 Å². The predicted molar refractivity (Wildman–Crippen MR) is 94.2 cm³/mol. The maximum Gasteiger partial charge on any atom is 0.291 e. The van der Waals surface area contributed by atoms with Crippen LogP contribution in [0.4, 0.5) is 11.4 Å². The first-order valence-electron chi connectivity index (χ1n) is 7.60. The van der Waals surface area contributed by atoms with Crippen molar-refractivity contribution in [3.05, 3.63) is 78.2 Å². The maximum atomic E-state index is 11.9. The number of rotatable bonds is 5. The molecule has 0 spiro atoms. The van der Waals surface area contributed by atoms with Gasteiger partial charge in [-0.25, -0.2) is 0 Å². The summed E-state index contributed by atoms with van der Waals surface area (Å²) < 4.78 is 10.4. The van der Waals surface area contributed by atoms with E-state index in [1.807, 2.05) is 13.0 Å². The van der Waals surface area contributed by atoms with Crippen LogP contribution in [0.3, 0.4) is 0 Å². The molecule has 126 valence electrons. The topological polar surface area (TPSA) is 84.5 Å². The summed E-state index contributed by atoms with van der Waals surface area (Å²) in [7, 11) is 0. The van der Waals surface area contributed by atoms with E-state index in [0.717, 1.165) is 5.76 Å². The fraction of sp³-hybridized carbons (Fsp3) is 0.0526. The van der Waals surface area contributed by atoms with Gasteiger partial charge in [-0.05, 0) is 61.5 Å². The van der Waals surface area contributed by atoms with Crippen LogP contribution in [0.1, 0.15) is 22.1 Å². The molecule has 0 saturated heterocycles. The Kier molecular flexibility index (Phi) is 4.80. The van der Waals surface area contributed by atoms with E-state index < -0.39 is 0 Å². The highest BCUT2D eigenvalue weighted by atomic mass is 16.3. The number of hydrogen-bond donors (Lipinski definition) is 2. The summed E-state index contributed by atoms with van der Waals surface area (Å²) in [6.45, 7) is 1.84. The molecule has 0 aliphatic rings. The Morgan fingerprint density at radius 2 is 1.68 bits per heavy atom. The van der Waals surface area contributed by atoms with E-state index in [0.29, 0.717) is 17.1 Å². The third-order valence-corrected chi connectivity index (χ3v) is 3.32. The molecule has 0 aliphatic carbocycles. The van der Waals surface area contributed by atoms with Gasteiger partial charge in [0, 0.05) is 17.5 Å². The Labute approximate surface area is 144 Å². The number of anilines is 2. The molecule has 0 radical (unpaired) electrons. The molecule has 3 rings (SSSR count). The number of amides is 2. The van der Waals surface area contributed by atoms with Crippen molar-refractivity contribution >= 4 is 29.3 Å². The van der Waals surface area contributed by atoms with E-state index >= 15 is 0 Å². The molecule has 3 aromatic rings. The number of carbonyl (C=O) groups excluding carboxylic acids is 2. The van der Waals surface area contributed by atoms with Gasteiger partial charge in [-0.1, -0.05) is 0 Å². The van der Waals surface area contributed by atoms with Gasteiger partial charge in [-0.2, -0.15) is 0 Å². The number of benzene rings is 1. The van der Waals surface area contributed by atoms with Gasteiger partial charge in [-0.15, -0.1) is 0 Å². The first-order chi connectivity index (χ1) is 12.1. The molecule has 0 unspecified atom stereocenters. The number of aryl methyl sites for hydroxylation is 1. The fourth-order valence-electron chi connectivity index (χ4n) is 2.12. The van der Waals surface area contributed by atoms with Crippen LogP contribution in [0, 0.1) is 6.92 Å². The average molecular weight is 336 g/mol. The summed E-state index contributed by atoms with van der Waals surface area (Å²) in [4.78, 5) is 23.8. The fourth-order valence-corrected chi connectivity index (χ4v) is 2.12. The van der Waals surface area contributed by atoms with Crippen LogP contribution >= 0.6 is 0 Å². The minimum Gasteiger partial charge on any atom is -0.462 e. The molecule has 25 heavy (non-hydrogen) atoms. The smallest absolute Gasteiger partial charge is 0.291 e. The van der Waals surface area contributed by atoms with E-state index in [2.05, 4.69) is 10.6 Å². The summed E-state index contributed by atoms with van der Waals surface area (Å²) in [5.74, 6) is 1.02. The van der Waals surface area contributed by atoms with Crippen LogP contribution in [0.25, 0.3) is 6.08 Å². The molecular weight excluding hydrogens is 320 g/mol. The molecule has 2 aromatic heterocycles. The van der Waals surface area contributed by atoms with Crippen LogP contribution < -0.4 is 10.6 Å². The van der Waals surface area contributed by atoms with Crippen molar-refractivity contribution in [3.63, 3.8) is 0 Å². The van der Waals surface area contributed by atoms with Gasteiger partial charge >= 0.3 is 0 Å². The summed E-state index contributed by atoms with van der Waals surface area (Å²) in [6, 6.07) is 13.6. The summed E-state index contributed by atoms with van der Waals surface area (Å²) in [5, 5.41) is 5.43. The third kappa shape index (κ3) is 4.48. The van der Waals surface area contributed by atoms with Crippen LogP contribution in [0.15, 0.2) is 69.7 Å². The lowest BCUT2D eigenvalue weighted by Crippen LogP contribution is -2.11. The second kappa shape index (κ2) is 7.35. The van der Waals surface area contributed by atoms with E-state index in [4.69, 9.17) is 8.83 Å². The van der Waals surface area contributed by atoms with Crippen LogP contribution in [-0.2, 0) is 4.79 Å². The number of hydrogen-bond acceptors (Lipinski definition) is 4. The van der Waals surface area contributed by atoms with Gasteiger partial charge in [0.1, 0.15) is 11.5 Å². The Morgan fingerprint density at radius 1 is 0.960 bits per heavy atom. The highest BCUT2D eigenvalue weighted by molar-refractivity contribution is 6.03. The maximum absolute atomic E-state index is 11.9. The van der Waals surface area contributed by atoms with Gasteiger partial charge in [-0.3, -0.25) is 9.59 Å². The molecule has 0 saturated carbocycles. The molecular formula is C19H16N2O4. The summed E-state index contributed by atoms with van der Waals surface area (Å²) >= 11 is 0. The Hall–Kier alpha value is -3.54. The highest BCUT2D eigenvalue weighted by Gasteiger charge is 2.08. The molecule has 2 amide bonds. The van der Waals surface area contributed by atoms with E-state index in [1.165, 1.54) is 12.3 Å². The van der Waals surface area contributed by atoms with Crippen molar-refractivity contribution < 1.29 is 18.4 Å². The molecule has 0 atom stereocenters. The molecule has 2 N–H and O–H groups in total. The molecule has 6 heteroatoms. The van der Waals surface area contributed by atoms with Crippen LogP contribution in [0.5, 0.6) is 0 Å². The van der Waals surface area contributed by atoms with Crippen molar-refractivity contribution in [2.45, 2.75) is 6.92 Å². The van der Waals surface area contributed by atoms with Crippen molar-refractivity contribution in [1.82, 2.24) is 0 Å². The Bertz CT molecular complexity index is 890. The van der Waals surface area contributed by atoms with Gasteiger partial charge in [0.05, 0.1) is 6.26 Å². The second-order valence-electron chi connectivity index (χ2n) is 5.28. The number of carbonyl (C=O) groups is 2. The third-order valence-electron chi connectivity index (χ3n) is 3.32. The van der Waals surface area contributed by atoms with Gasteiger partial charge in [0.25, 0.3) is 5.91 Å². The first kappa shape index (κ1) is 16.3. The zero-order valence-corrected chi connectivity index (χ0v) is 13.5. The zero-order chi connectivity index (χ0) is 17.6. The molecule has 2 heterocycles. The lowest BCUT2D eigenvalue weighted by Gasteiger charge is -2.05. The van der Waals surface area contributed by atoms with Crippen molar-refractivity contribution in [1.29, 1.82) is 0 Å². The standard InChI is InChI=1S/C19H16N2O4/c1-13-4-9-16(25-13)10-11-18(22)20-14-5-7-15(8-6-14)21-19(23)17-3-2-12-24-17/h2-12H,1H3,(H,20,22)(H,21,23)/b11-10+. The van der Waals surface area contributed by atoms with Crippen molar-refractivity contribution in [2.75, 3.05) is 10.6 Å². The quantitative estimate of drug-likeness (QED) is 0.687. The SMILES string of the molecule is Cc1ccc(/C=C/C(=O)Nc2ccc(NC(=O)c3ccco3)cc2)o1.